The molecule has 32 heavy (non-hydrogen) atoms. The third-order valence-corrected chi connectivity index (χ3v) is 7.39. The zero-order chi connectivity index (χ0) is 23.4. The Kier molecular flexibility index (Phi) is 7.12. The summed E-state index contributed by atoms with van der Waals surface area (Å²) in [5, 5.41) is 2.71. The van der Waals surface area contributed by atoms with Crippen molar-refractivity contribution >= 4 is 31.5 Å². The van der Waals surface area contributed by atoms with Crippen molar-refractivity contribution in [3.8, 4) is 0 Å². The van der Waals surface area contributed by atoms with Crippen LogP contribution in [0, 0.1) is 0 Å². The van der Waals surface area contributed by atoms with E-state index in [0.29, 0.717) is 16.8 Å². The molecule has 9 heteroatoms. The second-order valence-electron chi connectivity index (χ2n) is 7.49. The predicted octanol–water partition coefficient (Wildman–Crippen LogP) is 3.30. The van der Waals surface area contributed by atoms with Gasteiger partial charge in [-0.3, -0.25) is 4.79 Å². The summed E-state index contributed by atoms with van der Waals surface area (Å²) >= 11 is 0. The van der Waals surface area contributed by atoms with Crippen molar-refractivity contribution in [3.63, 3.8) is 0 Å². The Bertz CT molecular complexity index is 1290. The molecule has 168 valence electrons. The van der Waals surface area contributed by atoms with Crippen LogP contribution in [0.4, 0.5) is 5.69 Å². The van der Waals surface area contributed by atoms with Gasteiger partial charge >= 0.3 is 0 Å². The molecule has 0 radical (unpaired) electrons. The number of nitrogens with zero attached hydrogens (tertiary/aromatic N) is 1. The molecular formula is C23H24N2O5S2. The molecule has 0 aliphatic heterocycles. The van der Waals surface area contributed by atoms with Gasteiger partial charge in [-0.25, -0.2) is 16.8 Å². The number of hydrogen-bond donors (Lipinski definition) is 1. The lowest BCUT2D eigenvalue weighted by Crippen LogP contribution is -2.26. The molecule has 3 aromatic rings. The molecule has 3 rings (SSSR count). The van der Waals surface area contributed by atoms with Crippen LogP contribution in [0.2, 0.25) is 0 Å². The second-order valence-corrected chi connectivity index (χ2v) is 11.7. The Morgan fingerprint density at radius 1 is 0.812 bits per heavy atom. The quantitative estimate of drug-likeness (QED) is 0.542. The topological polar surface area (TPSA) is 101 Å². The van der Waals surface area contributed by atoms with Gasteiger partial charge in [-0.2, -0.15) is 4.31 Å². The van der Waals surface area contributed by atoms with Gasteiger partial charge < -0.3 is 5.32 Å². The Labute approximate surface area is 188 Å². The average Bonchev–Trinajstić information content (AvgIpc) is 2.74. The van der Waals surface area contributed by atoms with Gasteiger partial charge in [-0.1, -0.05) is 42.5 Å². The molecule has 3 aromatic carbocycles. The monoisotopic (exact) mass is 472 g/mol. The Morgan fingerprint density at radius 2 is 1.41 bits per heavy atom. The lowest BCUT2D eigenvalue weighted by molar-refractivity contribution is 0.102. The maximum Gasteiger partial charge on any atom is 0.255 e. The molecule has 0 unspecified atom stereocenters. The molecule has 0 fully saturated rings. The second kappa shape index (κ2) is 9.64. The van der Waals surface area contributed by atoms with Crippen molar-refractivity contribution in [1.82, 2.24) is 4.31 Å². The molecule has 1 amide bonds. The summed E-state index contributed by atoms with van der Waals surface area (Å²) in [6, 6.07) is 21.5. The molecule has 0 saturated carbocycles. The van der Waals surface area contributed by atoms with Crippen LogP contribution in [0.25, 0.3) is 0 Å². The molecule has 0 spiro atoms. The van der Waals surface area contributed by atoms with E-state index >= 15 is 0 Å². The first-order chi connectivity index (χ1) is 15.0. The zero-order valence-electron chi connectivity index (χ0n) is 17.7. The largest absolute Gasteiger partial charge is 0.322 e. The molecule has 0 aliphatic carbocycles. The SMILES string of the molecule is CN(Cc1ccccc1)S(=O)(=O)c1ccc(NC(=O)c2ccc(CS(C)(=O)=O)cc2)cc1. The fourth-order valence-corrected chi connectivity index (χ4v) is 5.03. The van der Waals surface area contributed by atoms with Gasteiger partial charge in [-0.15, -0.1) is 0 Å². The molecule has 7 nitrogen and oxygen atoms in total. The number of benzene rings is 3. The summed E-state index contributed by atoms with van der Waals surface area (Å²) in [5.41, 5.74) is 2.28. The van der Waals surface area contributed by atoms with Gasteiger partial charge in [-0.05, 0) is 47.5 Å². The maximum atomic E-state index is 12.8. The number of amides is 1. The Morgan fingerprint density at radius 3 is 1.97 bits per heavy atom. The lowest BCUT2D eigenvalue weighted by Gasteiger charge is -2.17. The molecule has 0 atom stereocenters. The first-order valence-corrected chi connectivity index (χ1v) is 13.2. The number of carbonyl (C=O) groups excluding carboxylic acids is 1. The summed E-state index contributed by atoms with van der Waals surface area (Å²) in [6.45, 7) is 0.247. The number of rotatable bonds is 8. The fourth-order valence-electron chi connectivity index (χ4n) is 3.07. The normalized spacial score (nSPS) is 12.0. The number of sulfone groups is 1. The highest BCUT2D eigenvalue weighted by Crippen LogP contribution is 2.20. The summed E-state index contributed by atoms with van der Waals surface area (Å²) in [4.78, 5) is 12.6. The summed E-state index contributed by atoms with van der Waals surface area (Å²) in [5.74, 6) is -0.475. The summed E-state index contributed by atoms with van der Waals surface area (Å²) in [6.07, 6.45) is 1.15. The number of anilines is 1. The van der Waals surface area contributed by atoms with Gasteiger partial charge in [0.05, 0.1) is 10.6 Å². The van der Waals surface area contributed by atoms with Gasteiger partial charge in [0, 0.05) is 31.1 Å². The first kappa shape index (κ1) is 23.6. The molecule has 0 heterocycles. The molecule has 0 aromatic heterocycles. The van der Waals surface area contributed by atoms with E-state index in [4.69, 9.17) is 0 Å². The van der Waals surface area contributed by atoms with Gasteiger partial charge in [0.1, 0.15) is 0 Å². The average molecular weight is 473 g/mol. The minimum Gasteiger partial charge on any atom is -0.322 e. The van der Waals surface area contributed by atoms with Crippen molar-refractivity contribution in [3.05, 3.63) is 95.6 Å². The van der Waals surface area contributed by atoms with Crippen LogP contribution in [0.15, 0.2) is 83.8 Å². The molecular weight excluding hydrogens is 448 g/mol. The van der Waals surface area contributed by atoms with Gasteiger partial charge in [0.25, 0.3) is 5.91 Å². The van der Waals surface area contributed by atoms with E-state index in [0.717, 1.165) is 11.8 Å². The summed E-state index contributed by atoms with van der Waals surface area (Å²) < 4.78 is 49.6. The predicted molar refractivity (Wildman–Crippen MR) is 124 cm³/mol. The third kappa shape index (κ3) is 6.25. The van der Waals surface area contributed by atoms with E-state index in [-0.39, 0.29) is 23.1 Å². The number of hydrogen-bond acceptors (Lipinski definition) is 5. The maximum absolute atomic E-state index is 12.8. The zero-order valence-corrected chi connectivity index (χ0v) is 19.4. The highest BCUT2D eigenvalue weighted by atomic mass is 32.2. The number of nitrogens with one attached hydrogen (secondary N) is 1. The highest BCUT2D eigenvalue weighted by Gasteiger charge is 2.21. The first-order valence-electron chi connectivity index (χ1n) is 9.73. The van der Waals surface area contributed by atoms with E-state index in [1.165, 1.54) is 35.6 Å². The van der Waals surface area contributed by atoms with E-state index in [9.17, 15) is 21.6 Å². The summed E-state index contributed by atoms with van der Waals surface area (Å²) in [7, 11) is -5.32. The van der Waals surface area contributed by atoms with Crippen molar-refractivity contribution in [2.75, 3.05) is 18.6 Å². The van der Waals surface area contributed by atoms with E-state index in [2.05, 4.69) is 5.32 Å². The van der Waals surface area contributed by atoms with Crippen LogP contribution < -0.4 is 5.32 Å². The molecule has 0 bridgehead atoms. The molecule has 0 saturated heterocycles. The van der Waals surface area contributed by atoms with E-state index in [1.54, 1.807) is 24.3 Å². The fraction of sp³-hybridized carbons (Fsp3) is 0.174. The third-order valence-electron chi connectivity index (χ3n) is 4.71. The van der Waals surface area contributed by atoms with Gasteiger partial charge in [0.15, 0.2) is 9.84 Å². The van der Waals surface area contributed by atoms with Crippen LogP contribution in [-0.2, 0) is 32.2 Å². The van der Waals surface area contributed by atoms with Crippen LogP contribution >= 0.6 is 0 Å². The Hall–Kier alpha value is -3.01. The van der Waals surface area contributed by atoms with Crippen LogP contribution in [-0.4, -0.2) is 40.4 Å². The van der Waals surface area contributed by atoms with E-state index in [1.807, 2.05) is 30.3 Å². The smallest absolute Gasteiger partial charge is 0.255 e. The van der Waals surface area contributed by atoms with Crippen molar-refractivity contribution < 1.29 is 21.6 Å². The van der Waals surface area contributed by atoms with Crippen LogP contribution in [0.1, 0.15) is 21.5 Å². The van der Waals surface area contributed by atoms with Crippen LogP contribution in [0.5, 0.6) is 0 Å². The van der Waals surface area contributed by atoms with Crippen molar-refractivity contribution in [2.24, 2.45) is 0 Å². The number of sulfonamides is 1. The standard InChI is InChI=1S/C23H24N2O5S2/c1-25(16-18-6-4-3-5-7-18)32(29,30)22-14-12-21(13-15-22)24-23(26)20-10-8-19(9-11-20)17-31(2,27)28/h3-15H,16-17H2,1-2H3,(H,24,26). The number of carbonyl (C=O) groups is 1. The highest BCUT2D eigenvalue weighted by molar-refractivity contribution is 7.90. The molecule has 1 N–H and O–H groups in total. The van der Waals surface area contributed by atoms with Gasteiger partial charge in [0.2, 0.25) is 10.0 Å². The van der Waals surface area contributed by atoms with E-state index < -0.39 is 19.9 Å². The Balaban J connectivity index is 1.66. The van der Waals surface area contributed by atoms with Crippen LogP contribution in [0.3, 0.4) is 0 Å². The minimum absolute atomic E-state index is 0.0937. The minimum atomic E-state index is -3.68. The lowest BCUT2D eigenvalue weighted by atomic mass is 10.1. The van der Waals surface area contributed by atoms with Crippen molar-refractivity contribution in [1.29, 1.82) is 0 Å². The molecule has 0 aliphatic rings. The van der Waals surface area contributed by atoms with Crippen molar-refractivity contribution in [2.45, 2.75) is 17.2 Å².